The van der Waals surface area contributed by atoms with Crippen molar-refractivity contribution in [1.82, 2.24) is 9.88 Å². The molecule has 1 N–H and O–H groups in total. The van der Waals surface area contributed by atoms with Crippen molar-refractivity contribution in [2.45, 2.75) is 19.4 Å². The van der Waals surface area contributed by atoms with Crippen LogP contribution < -0.4 is 5.32 Å². The molecule has 1 fully saturated rings. The number of nitrogens with zero attached hydrogens (tertiary/aromatic N) is 2. The van der Waals surface area contributed by atoms with Crippen LogP contribution >= 0.6 is 11.3 Å². The Hall–Kier alpha value is -1.13. The third-order valence-electron chi connectivity index (χ3n) is 3.34. The predicted octanol–water partition coefficient (Wildman–Crippen LogP) is 2.72. The van der Waals surface area contributed by atoms with E-state index in [1.165, 1.54) is 23.2 Å². The van der Waals surface area contributed by atoms with Gasteiger partial charge in [-0.3, -0.25) is 0 Å². The van der Waals surface area contributed by atoms with E-state index >= 15 is 0 Å². The van der Waals surface area contributed by atoms with Crippen LogP contribution in [-0.4, -0.2) is 36.1 Å². The van der Waals surface area contributed by atoms with Gasteiger partial charge in [-0.15, -0.1) is 0 Å². The van der Waals surface area contributed by atoms with E-state index in [1.54, 1.807) is 11.3 Å². The number of benzene rings is 1. The van der Waals surface area contributed by atoms with Crippen LogP contribution in [0.3, 0.4) is 0 Å². The average molecular weight is 247 g/mol. The number of anilines is 1. The molecule has 1 aliphatic heterocycles. The number of nitrogens with one attached hydrogen (secondary N) is 1. The normalized spacial score (nSPS) is 21.2. The van der Waals surface area contributed by atoms with E-state index in [0.29, 0.717) is 6.04 Å². The van der Waals surface area contributed by atoms with Crippen LogP contribution in [0.15, 0.2) is 18.2 Å². The number of hydrogen-bond donors (Lipinski definition) is 1. The van der Waals surface area contributed by atoms with Gasteiger partial charge in [0.15, 0.2) is 5.13 Å². The fraction of sp³-hybridized carbons (Fsp3) is 0.462. The maximum atomic E-state index is 4.69. The van der Waals surface area contributed by atoms with Crippen LogP contribution in [-0.2, 0) is 0 Å². The van der Waals surface area contributed by atoms with Gasteiger partial charge in [0, 0.05) is 12.6 Å². The standard InChI is InChI=1S/C13H17N3S/c1-9-4-3-5-11-12(9)15-13(17-11)14-10-6-7-16(2)8-10/h3-5,10H,6-8H2,1-2H3,(H,14,15). The summed E-state index contributed by atoms with van der Waals surface area (Å²) in [6, 6.07) is 6.92. The van der Waals surface area contributed by atoms with Crippen LogP contribution in [0.4, 0.5) is 5.13 Å². The Morgan fingerprint density at radius 2 is 2.35 bits per heavy atom. The van der Waals surface area contributed by atoms with Gasteiger partial charge in [-0.2, -0.15) is 0 Å². The minimum Gasteiger partial charge on any atom is -0.357 e. The number of hydrogen-bond acceptors (Lipinski definition) is 4. The molecule has 1 atom stereocenters. The molecule has 2 aromatic rings. The zero-order valence-corrected chi connectivity index (χ0v) is 11.0. The Morgan fingerprint density at radius 3 is 3.06 bits per heavy atom. The largest absolute Gasteiger partial charge is 0.357 e. The number of likely N-dealkylation sites (tertiary alicyclic amines) is 1. The van der Waals surface area contributed by atoms with E-state index in [9.17, 15) is 0 Å². The Labute approximate surface area is 105 Å². The van der Waals surface area contributed by atoms with Crippen molar-refractivity contribution < 1.29 is 0 Å². The highest BCUT2D eigenvalue weighted by atomic mass is 32.1. The second kappa shape index (κ2) is 4.27. The summed E-state index contributed by atoms with van der Waals surface area (Å²) in [6.45, 7) is 4.42. The molecular formula is C13H17N3S. The molecule has 1 aromatic heterocycles. The van der Waals surface area contributed by atoms with E-state index in [0.717, 1.165) is 17.2 Å². The second-order valence-corrected chi connectivity index (χ2v) is 5.86. The molecule has 1 unspecified atom stereocenters. The summed E-state index contributed by atoms with van der Waals surface area (Å²) in [5, 5.41) is 4.62. The van der Waals surface area contributed by atoms with Crippen molar-refractivity contribution in [3.05, 3.63) is 23.8 Å². The first-order chi connectivity index (χ1) is 8.22. The lowest BCUT2D eigenvalue weighted by molar-refractivity contribution is 0.414. The summed E-state index contributed by atoms with van der Waals surface area (Å²) < 4.78 is 1.28. The molecule has 0 aliphatic carbocycles. The Kier molecular flexibility index (Phi) is 2.76. The first-order valence-corrected chi connectivity index (χ1v) is 6.85. The van der Waals surface area contributed by atoms with Gasteiger partial charge in [-0.05, 0) is 38.6 Å². The van der Waals surface area contributed by atoms with Gasteiger partial charge in [-0.1, -0.05) is 23.5 Å². The van der Waals surface area contributed by atoms with Crippen LogP contribution in [0.2, 0.25) is 0 Å². The van der Waals surface area contributed by atoms with Gasteiger partial charge in [-0.25, -0.2) is 4.98 Å². The predicted molar refractivity (Wildman–Crippen MR) is 73.9 cm³/mol. The molecule has 1 saturated heterocycles. The maximum Gasteiger partial charge on any atom is 0.184 e. The van der Waals surface area contributed by atoms with Crippen LogP contribution in [0.25, 0.3) is 10.2 Å². The molecule has 1 aliphatic rings. The lowest BCUT2D eigenvalue weighted by Crippen LogP contribution is -2.23. The van der Waals surface area contributed by atoms with Gasteiger partial charge in [0.25, 0.3) is 0 Å². The van der Waals surface area contributed by atoms with Crippen molar-refractivity contribution >= 4 is 26.7 Å². The quantitative estimate of drug-likeness (QED) is 0.884. The van der Waals surface area contributed by atoms with Gasteiger partial charge >= 0.3 is 0 Å². The van der Waals surface area contributed by atoms with E-state index in [4.69, 9.17) is 0 Å². The zero-order chi connectivity index (χ0) is 11.8. The number of likely N-dealkylation sites (N-methyl/N-ethyl adjacent to an activating group) is 1. The monoisotopic (exact) mass is 247 g/mol. The van der Waals surface area contributed by atoms with E-state index in [2.05, 4.69) is 47.4 Å². The number of aromatic nitrogens is 1. The second-order valence-electron chi connectivity index (χ2n) is 4.83. The molecule has 17 heavy (non-hydrogen) atoms. The van der Waals surface area contributed by atoms with Gasteiger partial charge < -0.3 is 10.2 Å². The summed E-state index contributed by atoms with van der Waals surface area (Å²) in [5.41, 5.74) is 2.40. The summed E-state index contributed by atoms with van der Waals surface area (Å²) in [6.07, 6.45) is 1.21. The first-order valence-electron chi connectivity index (χ1n) is 6.03. The summed E-state index contributed by atoms with van der Waals surface area (Å²) in [7, 11) is 2.17. The number of fused-ring (bicyclic) bond motifs is 1. The molecule has 0 amide bonds. The van der Waals surface area contributed by atoms with Gasteiger partial charge in [0.1, 0.15) is 0 Å². The highest BCUT2D eigenvalue weighted by molar-refractivity contribution is 7.22. The number of thiazole rings is 1. The molecule has 0 radical (unpaired) electrons. The first kappa shape index (κ1) is 11.0. The SMILES string of the molecule is Cc1cccc2sc(NC3CCN(C)C3)nc12. The van der Waals surface area contributed by atoms with Gasteiger partial charge in [0.05, 0.1) is 10.2 Å². The average Bonchev–Trinajstić information content (AvgIpc) is 2.86. The molecule has 0 saturated carbocycles. The minimum absolute atomic E-state index is 0.556. The molecular weight excluding hydrogens is 230 g/mol. The summed E-state index contributed by atoms with van der Waals surface area (Å²) in [4.78, 5) is 7.05. The Morgan fingerprint density at radius 1 is 1.47 bits per heavy atom. The molecule has 4 heteroatoms. The number of rotatable bonds is 2. The molecule has 2 heterocycles. The maximum absolute atomic E-state index is 4.69. The Bertz CT molecular complexity index is 534. The molecule has 3 nitrogen and oxygen atoms in total. The fourth-order valence-corrected chi connectivity index (χ4v) is 3.40. The van der Waals surface area contributed by atoms with Crippen molar-refractivity contribution in [3.63, 3.8) is 0 Å². The summed E-state index contributed by atoms with van der Waals surface area (Å²) in [5.74, 6) is 0. The van der Waals surface area contributed by atoms with Crippen LogP contribution in [0.1, 0.15) is 12.0 Å². The third kappa shape index (κ3) is 2.15. The van der Waals surface area contributed by atoms with Crippen molar-refractivity contribution in [2.75, 3.05) is 25.5 Å². The van der Waals surface area contributed by atoms with E-state index in [1.807, 2.05) is 0 Å². The Balaban J connectivity index is 1.84. The molecule has 90 valence electrons. The summed E-state index contributed by atoms with van der Waals surface area (Å²) >= 11 is 1.76. The number of para-hydroxylation sites is 1. The lowest BCUT2D eigenvalue weighted by Gasteiger charge is -2.10. The van der Waals surface area contributed by atoms with Crippen molar-refractivity contribution in [1.29, 1.82) is 0 Å². The molecule has 0 spiro atoms. The van der Waals surface area contributed by atoms with Gasteiger partial charge in [0.2, 0.25) is 0 Å². The fourth-order valence-electron chi connectivity index (χ4n) is 2.38. The lowest BCUT2D eigenvalue weighted by atomic mass is 10.2. The smallest absolute Gasteiger partial charge is 0.184 e. The highest BCUT2D eigenvalue weighted by Crippen LogP contribution is 2.29. The molecule has 1 aromatic carbocycles. The van der Waals surface area contributed by atoms with Crippen LogP contribution in [0, 0.1) is 6.92 Å². The number of aryl methyl sites for hydroxylation is 1. The molecule has 0 bridgehead atoms. The van der Waals surface area contributed by atoms with E-state index < -0.39 is 0 Å². The third-order valence-corrected chi connectivity index (χ3v) is 4.29. The van der Waals surface area contributed by atoms with Crippen LogP contribution in [0.5, 0.6) is 0 Å². The zero-order valence-electron chi connectivity index (χ0n) is 10.2. The van der Waals surface area contributed by atoms with Crippen molar-refractivity contribution in [3.8, 4) is 0 Å². The van der Waals surface area contributed by atoms with E-state index in [-0.39, 0.29) is 0 Å². The minimum atomic E-state index is 0.556. The topological polar surface area (TPSA) is 28.2 Å². The molecule has 3 rings (SSSR count). The van der Waals surface area contributed by atoms with Crippen molar-refractivity contribution in [2.24, 2.45) is 0 Å². The highest BCUT2D eigenvalue weighted by Gasteiger charge is 2.20.